The van der Waals surface area contributed by atoms with Crippen LogP contribution in [0.5, 0.6) is 5.75 Å². The lowest BCUT2D eigenvalue weighted by atomic mass is 9.97. The van der Waals surface area contributed by atoms with E-state index in [1.807, 2.05) is 6.07 Å². The van der Waals surface area contributed by atoms with Crippen LogP contribution in [0, 0.1) is 11.3 Å². The summed E-state index contributed by atoms with van der Waals surface area (Å²) in [5, 5.41) is 21.9. The summed E-state index contributed by atoms with van der Waals surface area (Å²) < 4.78 is 0. The van der Waals surface area contributed by atoms with Crippen molar-refractivity contribution in [2.45, 2.75) is 38.1 Å². The molecule has 2 N–H and O–H groups in total. The van der Waals surface area contributed by atoms with Crippen LogP contribution in [0.4, 0.5) is 0 Å². The summed E-state index contributed by atoms with van der Waals surface area (Å²) in [6.45, 7) is 0.805. The number of phenols is 1. The summed E-state index contributed by atoms with van der Waals surface area (Å²) in [6, 6.07) is 8.77. The predicted molar refractivity (Wildman–Crippen MR) is 75.6 cm³/mol. The standard InChI is InChI=1S/C16H20N2O/c17-12-16(14-7-4-8-15(19)11-14)18-10-9-13-5-2-1-3-6-13/h4-5,7-8,11,16,18-19H,1-3,6,9-10H2. The van der Waals surface area contributed by atoms with Crippen molar-refractivity contribution in [1.82, 2.24) is 5.32 Å². The maximum Gasteiger partial charge on any atom is 0.121 e. The Morgan fingerprint density at radius 3 is 2.95 bits per heavy atom. The first-order valence-electron chi connectivity index (χ1n) is 6.89. The van der Waals surface area contributed by atoms with E-state index in [0.717, 1.165) is 18.5 Å². The fourth-order valence-corrected chi connectivity index (χ4v) is 2.45. The zero-order chi connectivity index (χ0) is 13.5. The molecule has 1 aliphatic carbocycles. The van der Waals surface area contributed by atoms with Gasteiger partial charge in [0.1, 0.15) is 11.8 Å². The normalized spacial score (nSPS) is 16.5. The van der Waals surface area contributed by atoms with E-state index < -0.39 is 0 Å². The molecule has 100 valence electrons. The van der Waals surface area contributed by atoms with E-state index in [1.54, 1.807) is 18.2 Å². The van der Waals surface area contributed by atoms with Crippen molar-refractivity contribution >= 4 is 0 Å². The SMILES string of the molecule is N#CC(NCCC1=CCCCC1)c1cccc(O)c1. The quantitative estimate of drug-likeness (QED) is 0.793. The maximum atomic E-state index is 9.44. The number of hydrogen-bond acceptors (Lipinski definition) is 3. The van der Waals surface area contributed by atoms with Gasteiger partial charge in [0, 0.05) is 6.54 Å². The van der Waals surface area contributed by atoms with Crippen LogP contribution in [-0.4, -0.2) is 11.7 Å². The van der Waals surface area contributed by atoms with Gasteiger partial charge < -0.3 is 5.11 Å². The highest BCUT2D eigenvalue weighted by Gasteiger charge is 2.10. The largest absolute Gasteiger partial charge is 0.508 e. The van der Waals surface area contributed by atoms with Crippen LogP contribution in [0.15, 0.2) is 35.9 Å². The summed E-state index contributed by atoms with van der Waals surface area (Å²) in [7, 11) is 0. The second kappa shape index (κ2) is 6.96. The van der Waals surface area contributed by atoms with Crippen molar-refractivity contribution in [3.8, 4) is 11.8 Å². The summed E-state index contributed by atoms with van der Waals surface area (Å²) in [4.78, 5) is 0. The molecule has 0 heterocycles. The Bertz CT molecular complexity index is 488. The fourth-order valence-electron chi connectivity index (χ4n) is 2.45. The molecular formula is C16H20N2O. The topological polar surface area (TPSA) is 56.0 Å². The number of phenolic OH excluding ortho intramolecular Hbond substituents is 1. The Hall–Kier alpha value is -1.79. The maximum absolute atomic E-state index is 9.44. The number of nitriles is 1. The van der Waals surface area contributed by atoms with Gasteiger partial charge in [-0.1, -0.05) is 23.8 Å². The number of hydrogen-bond donors (Lipinski definition) is 2. The first-order valence-corrected chi connectivity index (χ1v) is 6.89. The molecule has 3 nitrogen and oxygen atoms in total. The molecule has 2 rings (SSSR count). The van der Waals surface area contributed by atoms with Gasteiger partial charge in [-0.05, 0) is 49.8 Å². The first-order chi connectivity index (χ1) is 9.29. The Kier molecular flexibility index (Phi) is 5.00. The van der Waals surface area contributed by atoms with Crippen LogP contribution in [0.25, 0.3) is 0 Å². The fraction of sp³-hybridized carbons (Fsp3) is 0.438. The molecule has 0 saturated heterocycles. The number of nitrogens with one attached hydrogen (secondary N) is 1. The average Bonchev–Trinajstić information content (AvgIpc) is 2.45. The zero-order valence-corrected chi connectivity index (χ0v) is 11.1. The summed E-state index contributed by atoms with van der Waals surface area (Å²) in [5.41, 5.74) is 2.33. The van der Waals surface area contributed by atoms with Gasteiger partial charge in [0.25, 0.3) is 0 Å². The molecule has 0 saturated carbocycles. The van der Waals surface area contributed by atoms with E-state index in [-0.39, 0.29) is 11.8 Å². The highest BCUT2D eigenvalue weighted by Crippen LogP contribution is 2.21. The van der Waals surface area contributed by atoms with Crippen molar-refractivity contribution in [2.75, 3.05) is 6.54 Å². The molecule has 1 aliphatic rings. The summed E-state index contributed by atoms with van der Waals surface area (Å²) in [5.74, 6) is 0.203. The molecule has 0 fully saturated rings. The van der Waals surface area contributed by atoms with Crippen LogP contribution in [-0.2, 0) is 0 Å². The minimum Gasteiger partial charge on any atom is -0.508 e. The third-order valence-electron chi connectivity index (χ3n) is 3.51. The molecule has 1 aromatic carbocycles. The minimum absolute atomic E-state index is 0.203. The van der Waals surface area contributed by atoms with Crippen molar-refractivity contribution < 1.29 is 5.11 Å². The van der Waals surface area contributed by atoms with E-state index in [2.05, 4.69) is 17.5 Å². The highest BCUT2D eigenvalue weighted by molar-refractivity contribution is 5.32. The molecule has 19 heavy (non-hydrogen) atoms. The second-order valence-electron chi connectivity index (χ2n) is 4.97. The van der Waals surface area contributed by atoms with Crippen LogP contribution in [0.3, 0.4) is 0 Å². The number of rotatable bonds is 5. The van der Waals surface area contributed by atoms with Gasteiger partial charge in [-0.2, -0.15) is 5.26 Å². The van der Waals surface area contributed by atoms with Gasteiger partial charge in [-0.3, -0.25) is 5.32 Å². The molecule has 0 bridgehead atoms. The second-order valence-corrected chi connectivity index (χ2v) is 4.97. The van der Waals surface area contributed by atoms with E-state index in [9.17, 15) is 10.4 Å². The lowest BCUT2D eigenvalue weighted by Crippen LogP contribution is -2.21. The zero-order valence-electron chi connectivity index (χ0n) is 11.1. The molecule has 1 atom stereocenters. The van der Waals surface area contributed by atoms with Gasteiger partial charge >= 0.3 is 0 Å². The van der Waals surface area contributed by atoms with E-state index in [0.29, 0.717) is 0 Å². The van der Waals surface area contributed by atoms with Gasteiger partial charge in [-0.25, -0.2) is 0 Å². The van der Waals surface area contributed by atoms with E-state index in [4.69, 9.17) is 0 Å². The molecule has 0 amide bonds. The van der Waals surface area contributed by atoms with E-state index >= 15 is 0 Å². The molecule has 1 unspecified atom stereocenters. The van der Waals surface area contributed by atoms with E-state index in [1.165, 1.54) is 31.3 Å². The van der Waals surface area contributed by atoms with Crippen LogP contribution in [0.1, 0.15) is 43.7 Å². The number of allylic oxidation sites excluding steroid dienone is 1. The Balaban J connectivity index is 1.86. The van der Waals surface area contributed by atoms with Crippen molar-refractivity contribution in [2.24, 2.45) is 0 Å². The Morgan fingerprint density at radius 1 is 1.37 bits per heavy atom. The number of aromatic hydroxyl groups is 1. The highest BCUT2D eigenvalue weighted by atomic mass is 16.3. The molecule has 1 aromatic rings. The van der Waals surface area contributed by atoms with Gasteiger partial charge in [-0.15, -0.1) is 0 Å². The number of nitrogens with zero attached hydrogens (tertiary/aromatic N) is 1. The van der Waals surface area contributed by atoms with Crippen LogP contribution < -0.4 is 5.32 Å². The predicted octanol–water partition coefficient (Wildman–Crippen LogP) is 3.44. The Labute approximate surface area is 114 Å². The average molecular weight is 256 g/mol. The van der Waals surface area contributed by atoms with Crippen molar-refractivity contribution in [3.63, 3.8) is 0 Å². The lowest BCUT2D eigenvalue weighted by Gasteiger charge is -2.15. The van der Waals surface area contributed by atoms with Crippen LogP contribution in [0.2, 0.25) is 0 Å². The van der Waals surface area contributed by atoms with Gasteiger partial charge in [0.15, 0.2) is 0 Å². The third kappa shape index (κ3) is 4.11. The summed E-state index contributed by atoms with van der Waals surface area (Å²) in [6.07, 6.45) is 8.34. The smallest absolute Gasteiger partial charge is 0.121 e. The molecule has 0 spiro atoms. The lowest BCUT2D eigenvalue weighted by molar-refractivity contribution is 0.473. The molecular weight excluding hydrogens is 236 g/mol. The van der Waals surface area contributed by atoms with Gasteiger partial charge in [0.05, 0.1) is 6.07 Å². The molecule has 0 aromatic heterocycles. The molecule has 0 radical (unpaired) electrons. The Morgan fingerprint density at radius 2 is 2.26 bits per heavy atom. The van der Waals surface area contributed by atoms with Crippen molar-refractivity contribution in [1.29, 1.82) is 5.26 Å². The third-order valence-corrected chi connectivity index (χ3v) is 3.51. The number of benzene rings is 1. The molecule has 3 heteroatoms. The van der Waals surface area contributed by atoms with Gasteiger partial charge in [0.2, 0.25) is 0 Å². The first kappa shape index (κ1) is 13.6. The van der Waals surface area contributed by atoms with Crippen molar-refractivity contribution in [3.05, 3.63) is 41.5 Å². The summed E-state index contributed by atoms with van der Waals surface area (Å²) >= 11 is 0. The monoisotopic (exact) mass is 256 g/mol. The molecule has 0 aliphatic heterocycles. The minimum atomic E-state index is -0.351. The van der Waals surface area contributed by atoms with Crippen LogP contribution >= 0.6 is 0 Å².